The molecule has 0 amide bonds. The molecule has 0 fully saturated rings. The molecule has 0 aliphatic carbocycles. The van der Waals surface area contributed by atoms with Crippen LogP contribution in [0.15, 0.2) is 42.2 Å². The lowest BCUT2D eigenvalue weighted by atomic mass is 9.80. The Morgan fingerprint density at radius 1 is 0.784 bits per heavy atom. The van der Waals surface area contributed by atoms with Crippen LogP contribution >= 0.6 is 0 Å². The minimum absolute atomic E-state index is 0.153. The lowest BCUT2D eigenvalue weighted by Crippen LogP contribution is -2.13. The van der Waals surface area contributed by atoms with E-state index in [1.54, 1.807) is 6.08 Å². The third-order valence-corrected chi connectivity index (χ3v) is 8.00. The second kappa shape index (κ2) is 15.8. The van der Waals surface area contributed by atoms with Gasteiger partial charge in [-0.15, -0.1) is 0 Å². The molecule has 2 rings (SSSR count). The van der Waals surface area contributed by atoms with Gasteiger partial charge in [0.1, 0.15) is 0 Å². The number of rotatable bonds is 16. The van der Waals surface area contributed by atoms with Crippen molar-refractivity contribution in [2.24, 2.45) is 0 Å². The summed E-state index contributed by atoms with van der Waals surface area (Å²) in [5, 5.41) is 11.2. The summed E-state index contributed by atoms with van der Waals surface area (Å²) in [5.74, 6) is 0.647. The average Bonchev–Trinajstić information content (AvgIpc) is 2.92. The number of benzene rings is 2. The van der Waals surface area contributed by atoms with E-state index >= 15 is 0 Å². The molecule has 0 heterocycles. The molecular formula is C35H52O2. The molecule has 3 unspecified atom stereocenters. The maximum Gasteiger partial charge on any atom is 0.227 e. The first-order valence-electron chi connectivity index (χ1n) is 15.0. The van der Waals surface area contributed by atoms with Crippen LogP contribution in [0.5, 0.6) is 0 Å². The van der Waals surface area contributed by atoms with Gasteiger partial charge >= 0.3 is 0 Å². The highest BCUT2D eigenvalue weighted by molar-refractivity contribution is 6.10. The van der Waals surface area contributed by atoms with Crippen LogP contribution < -0.4 is 0 Å². The molecule has 2 heteroatoms. The van der Waals surface area contributed by atoms with Crippen molar-refractivity contribution in [1.82, 2.24) is 0 Å². The van der Waals surface area contributed by atoms with Crippen LogP contribution in [0.4, 0.5) is 0 Å². The van der Waals surface area contributed by atoms with Gasteiger partial charge in [0.05, 0.1) is 0 Å². The first-order valence-corrected chi connectivity index (χ1v) is 15.0. The third kappa shape index (κ3) is 8.59. The van der Waals surface area contributed by atoms with Gasteiger partial charge in [0, 0.05) is 5.56 Å². The zero-order valence-corrected chi connectivity index (χ0v) is 24.7. The van der Waals surface area contributed by atoms with E-state index in [0.717, 1.165) is 56.1 Å². The summed E-state index contributed by atoms with van der Waals surface area (Å²) in [4.78, 5) is 13.8. The van der Waals surface area contributed by atoms with Gasteiger partial charge in [-0.3, -0.25) is 4.79 Å². The molecule has 0 bridgehead atoms. The van der Waals surface area contributed by atoms with Crippen molar-refractivity contribution < 1.29 is 9.90 Å². The predicted octanol–water partition coefficient (Wildman–Crippen LogP) is 10.9. The first kappa shape index (κ1) is 30.9. The maximum absolute atomic E-state index is 13.8. The molecule has 0 saturated carbocycles. The maximum atomic E-state index is 13.8. The molecule has 204 valence electrons. The van der Waals surface area contributed by atoms with E-state index in [4.69, 9.17) is 0 Å². The summed E-state index contributed by atoms with van der Waals surface area (Å²) in [6, 6.07) is 12.7. The van der Waals surface area contributed by atoms with Crippen LogP contribution in [0.25, 0.3) is 6.08 Å². The van der Waals surface area contributed by atoms with Crippen molar-refractivity contribution >= 4 is 11.9 Å². The smallest absolute Gasteiger partial charge is 0.227 e. The molecule has 2 aromatic rings. The third-order valence-electron chi connectivity index (χ3n) is 8.00. The molecule has 0 aromatic heterocycles. The molecule has 1 N–H and O–H groups in total. The zero-order chi connectivity index (χ0) is 27.4. The minimum atomic E-state index is -0.253. The van der Waals surface area contributed by atoms with Crippen LogP contribution in [0.3, 0.4) is 0 Å². The monoisotopic (exact) mass is 504 g/mol. The lowest BCUT2D eigenvalue weighted by molar-refractivity contribution is 0.0979. The fraction of sp³-hybridized carbons (Fsp3) is 0.571. The van der Waals surface area contributed by atoms with Gasteiger partial charge in [-0.1, -0.05) is 123 Å². The average molecular weight is 505 g/mol. The number of hydrogen-bond acceptors (Lipinski definition) is 2. The number of Topliss-reactive ketones (excluding diaryl/α,β-unsaturated/α-hetero) is 1. The number of aliphatic hydroxyl groups excluding tert-OH is 1. The van der Waals surface area contributed by atoms with E-state index in [-0.39, 0.29) is 17.5 Å². The molecule has 0 aliphatic heterocycles. The Balaban J connectivity index is 2.55. The summed E-state index contributed by atoms with van der Waals surface area (Å²) in [5.41, 5.74) is 6.50. The number of carbonyl (C=O) groups excluding carboxylic acids is 1. The number of unbranched alkanes of at least 4 members (excludes halogenated alkanes) is 3. The van der Waals surface area contributed by atoms with E-state index in [2.05, 4.69) is 72.7 Å². The molecule has 3 atom stereocenters. The van der Waals surface area contributed by atoms with Crippen molar-refractivity contribution in [3.8, 4) is 0 Å². The quantitative estimate of drug-likeness (QED) is 0.140. The van der Waals surface area contributed by atoms with Crippen molar-refractivity contribution in [3.63, 3.8) is 0 Å². The number of ketones is 1. The first-order chi connectivity index (χ1) is 17.8. The van der Waals surface area contributed by atoms with Crippen molar-refractivity contribution in [1.29, 1.82) is 0 Å². The lowest BCUT2D eigenvalue weighted by Gasteiger charge is -2.24. The van der Waals surface area contributed by atoms with E-state index in [0.29, 0.717) is 17.4 Å². The number of hydrogen-bond donors (Lipinski definition) is 1. The van der Waals surface area contributed by atoms with Gasteiger partial charge in [-0.05, 0) is 77.3 Å². The van der Waals surface area contributed by atoms with Crippen LogP contribution in [-0.2, 0) is 6.42 Å². The number of carbonyl (C=O) groups is 1. The zero-order valence-electron chi connectivity index (χ0n) is 24.7. The Kier molecular flexibility index (Phi) is 13.2. The van der Waals surface area contributed by atoms with Crippen LogP contribution in [-0.4, -0.2) is 10.9 Å². The molecule has 37 heavy (non-hydrogen) atoms. The largest absolute Gasteiger partial charge is 0.504 e. The summed E-state index contributed by atoms with van der Waals surface area (Å²) < 4.78 is 0. The predicted molar refractivity (Wildman–Crippen MR) is 161 cm³/mol. The Morgan fingerprint density at radius 3 is 1.92 bits per heavy atom. The molecule has 0 saturated heterocycles. The highest BCUT2D eigenvalue weighted by atomic mass is 16.3. The molecule has 0 spiro atoms. The standard InChI is InChI=1S/C35H52O2/c1-8-12-16-25(5)30-22-21-28(11-4)23-29(30)24-33(36)35(37)32-20-15-19-31(26(6)17-13-9-2)34(32)27(7)18-14-10-3/h15,19-27,36H,8-14,16-18H2,1-7H3/b33-24-. The van der Waals surface area contributed by atoms with Gasteiger partial charge < -0.3 is 5.11 Å². The van der Waals surface area contributed by atoms with Gasteiger partial charge in [0.15, 0.2) is 5.76 Å². The van der Waals surface area contributed by atoms with Crippen LogP contribution in [0.1, 0.15) is 162 Å². The van der Waals surface area contributed by atoms with Gasteiger partial charge in [0.2, 0.25) is 5.78 Å². The Hall–Kier alpha value is -2.35. The number of allylic oxidation sites excluding steroid dienone is 1. The second-order valence-electron chi connectivity index (χ2n) is 11.1. The Bertz CT molecular complexity index is 1020. The molecule has 0 radical (unpaired) electrons. The van der Waals surface area contributed by atoms with Crippen molar-refractivity contribution in [2.45, 2.75) is 130 Å². The van der Waals surface area contributed by atoms with Crippen LogP contribution in [0, 0.1) is 0 Å². The summed E-state index contributed by atoms with van der Waals surface area (Å²) >= 11 is 0. The van der Waals surface area contributed by atoms with Gasteiger partial charge in [-0.2, -0.15) is 0 Å². The molecule has 2 aromatic carbocycles. The summed E-state index contributed by atoms with van der Waals surface area (Å²) in [6.45, 7) is 15.6. The van der Waals surface area contributed by atoms with Crippen LogP contribution in [0.2, 0.25) is 0 Å². The van der Waals surface area contributed by atoms with E-state index in [9.17, 15) is 9.90 Å². The molecule has 0 aliphatic rings. The topological polar surface area (TPSA) is 37.3 Å². The minimum Gasteiger partial charge on any atom is -0.504 e. The van der Waals surface area contributed by atoms with Crippen molar-refractivity contribution in [3.05, 3.63) is 75.5 Å². The highest BCUT2D eigenvalue weighted by Crippen LogP contribution is 2.36. The molecule has 2 nitrogen and oxygen atoms in total. The highest BCUT2D eigenvalue weighted by Gasteiger charge is 2.24. The molecular weight excluding hydrogens is 452 g/mol. The van der Waals surface area contributed by atoms with Gasteiger partial charge in [-0.25, -0.2) is 0 Å². The van der Waals surface area contributed by atoms with Crippen molar-refractivity contribution in [2.75, 3.05) is 0 Å². The Labute approximate surface area is 227 Å². The fourth-order valence-corrected chi connectivity index (χ4v) is 5.52. The van der Waals surface area contributed by atoms with E-state index in [1.165, 1.54) is 36.0 Å². The van der Waals surface area contributed by atoms with E-state index < -0.39 is 0 Å². The normalized spacial score (nSPS) is 14.4. The number of aryl methyl sites for hydroxylation is 1. The van der Waals surface area contributed by atoms with E-state index in [1.807, 2.05) is 12.1 Å². The SMILES string of the molecule is CCCCC(C)c1ccc(CC)cc1/C=C(\O)C(=O)c1cccc(C(C)CCCC)c1C(C)CCCC. The Morgan fingerprint density at radius 2 is 1.35 bits per heavy atom. The van der Waals surface area contributed by atoms with Gasteiger partial charge in [0.25, 0.3) is 0 Å². The fourth-order valence-electron chi connectivity index (χ4n) is 5.52. The summed E-state index contributed by atoms with van der Waals surface area (Å²) in [7, 11) is 0. The number of aliphatic hydroxyl groups is 1. The second-order valence-corrected chi connectivity index (χ2v) is 11.1. The summed E-state index contributed by atoms with van der Waals surface area (Å²) in [6.07, 6.45) is 12.9.